The van der Waals surface area contributed by atoms with Crippen molar-refractivity contribution in [2.75, 3.05) is 12.1 Å². The summed E-state index contributed by atoms with van der Waals surface area (Å²) in [5.41, 5.74) is 0. The Balaban J connectivity index is 2.85. The standard InChI is InChI=1S/C5H9N3O/c1-4-3-7-5(9-4)8(2)6/h3H,6H2,1-2H3. The summed E-state index contributed by atoms with van der Waals surface area (Å²) in [5, 5.41) is 1.33. The highest BCUT2D eigenvalue weighted by Gasteiger charge is 1.99. The van der Waals surface area contributed by atoms with Gasteiger partial charge in [0.15, 0.2) is 0 Å². The van der Waals surface area contributed by atoms with Crippen LogP contribution in [0.3, 0.4) is 0 Å². The largest absolute Gasteiger partial charge is 0.428 e. The maximum atomic E-state index is 5.30. The van der Waals surface area contributed by atoms with Crippen molar-refractivity contribution < 1.29 is 4.42 Å². The van der Waals surface area contributed by atoms with Crippen molar-refractivity contribution in [3.63, 3.8) is 0 Å². The van der Waals surface area contributed by atoms with E-state index < -0.39 is 0 Å². The molecule has 0 aliphatic rings. The molecule has 4 heteroatoms. The molecule has 0 saturated carbocycles. The molecule has 0 spiro atoms. The third kappa shape index (κ3) is 1.20. The lowest BCUT2D eigenvalue weighted by molar-refractivity contribution is 0.521. The van der Waals surface area contributed by atoms with E-state index in [0.29, 0.717) is 6.01 Å². The van der Waals surface area contributed by atoms with E-state index in [1.54, 1.807) is 13.2 Å². The van der Waals surface area contributed by atoms with Crippen LogP contribution in [0.15, 0.2) is 10.6 Å². The van der Waals surface area contributed by atoms with E-state index in [1.165, 1.54) is 5.01 Å². The molecule has 2 N–H and O–H groups in total. The van der Waals surface area contributed by atoms with Crippen molar-refractivity contribution in [3.05, 3.63) is 12.0 Å². The first-order valence-corrected chi connectivity index (χ1v) is 2.61. The fourth-order valence-electron chi connectivity index (χ4n) is 0.506. The Hall–Kier alpha value is -1.03. The van der Waals surface area contributed by atoms with E-state index >= 15 is 0 Å². The summed E-state index contributed by atoms with van der Waals surface area (Å²) in [7, 11) is 1.67. The molecule has 9 heavy (non-hydrogen) atoms. The van der Waals surface area contributed by atoms with E-state index in [-0.39, 0.29) is 0 Å². The van der Waals surface area contributed by atoms with Crippen molar-refractivity contribution in [1.29, 1.82) is 0 Å². The molecular formula is C5H9N3O. The molecule has 0 aromatic carbocycles. The number of nitrogens with two attached hydrogens (primary N) is 1. The van der Waals surface area contributed by atoms with E-state index in [1.807, 2.05) is 6.92 Å². The van der Waals surface area contributed by atoms with E-state index in [4.69, 9.17) is 10.3 Å². The van der Waals surface area contributed by atoms with Crippen LogP contribution in [0, 0.1) is 6.92 Å². The lowest BCUT2D eigenvalue weighted by atomic mass is 10.6. The summed E-state index contributed by atoms with van der Waals surface area (Å²) in [5.74, 6) is 6.07. The average molecular weight is 127 g/mol. The fourth-order valence-corrected chi connectivity index (χ4v) is 0.506. The van der Waals surface area contributed by atoms with Crippen LogP contribution in [-0.4, -0.2) is 12.0 Å². The molecule has 0 saturated heterocycles. The second kappa shape index (κ2) is 2.06. The van der Waals surface area contributed by atoms with Crippen molar-refractivity contribution >= 4 is 6.01 Å². The second-order valence-corrected chi connectivity index (χ2v) is 1.86. The predicted molar refractivity (Wildman–Crippen MR) is 33.8 cm³/mol. The summed E-state index contributed by atoms with van der Waals surface area (Å²) in [4.78, 5) is 3.85. The third-order valence-corrected chi connectivity index (χ3v) is 0.911. The molecule has 1 heterocycles. The summed E-state index contributed by atoms with van der Waals surface area (Å²) < 4.78 is 5.03. The normalized spacial score (nSPS) is 9.67. The Bertz CT molecular complexity index is 194. The van der Waals surface area contributed by atoms with E-state index in [0.717, 1.165) is 5.76 Å². The van der Waals surface area contributed by atoms with Crippen LogP contribution in [-0.2, 0) is 0 Å². The number of aryl methyl sites for hydroxylation is 1. The summed E-state index contributed by atoms with van der Waals surface area (Å²) in [6, 6.07) is 0.438. The van der Waals surface area contributed by atoms with Crippen LogP contribution in [0.25, 0.3) is 0 Å². The third-order valence-electron chi connectivity index (χ3n) is 0.911. The maximum absolute atomic E-state index is 5.30. The van der Waals surface area contributed by atoms with Gasteiger partial charge in [0.05, 0.1) is 6.20 Å². The van der Waals surface area contributed by atoms with Crippen LogP contribution >= 0.6 is 0 Å². The summed E-state index contributed by atoms with van der Waals surface area (Å²) in [6.45, 7) is 1.82. The van der Waals surface area contributed by atoms with Gasteiger partial charge in [-0.25, -0.2) is 10.8 Å². The monoisotopic (exact) mass is 127 g/mol. The molecular weight excluding hydrogens is 118 g/mol. The molecule has 50 valence electrons. The molecule has 0 aliphatic heterocycles. The van der Waals surface area contributed by atoms with Gasteiger partial charge in [-0.2, -0.15) is 0 Å². The molecule has 0 atom stereocenters. The minimum Gasteiger partial charge on any atom is -0.428 e. The molecule has 0 unspecified atom stereocenters. The zero-order valence-corrected chi connectivity index (χ0v) is 5.46. The first-order valence-electron chi connectivity index (χ1n) is 2.61. The molecule has 0 amide bonds. The minimum atomic E-state index is 0.438. The van der Waals surface area contributed by atoms with Gasteiger partial charge in [-0.15, -0.1) is 0 Å². The molecule has 0 fully saturated rings. The smallest absolute Gasteiger partial charge is 0.311 e. The Kier molecular flexibility index (Phi) is 1.40. The van der Waals surface area contributed by atoms with Crippen LogP contribution in [0.5, 0.6) is 0 Å². The van der Waals surface area contributed by atoms with Gasteiger partial charge in [-0.1, -0.05) is 0 Å². The van der Waals surface area contributed by atoms with Crippen LogP contribution in [0.2, 0.25) is 0 Å². The molecule has 0 radical (unpaired) electrons. The minimum absolute atomic E-state index is 0.438. The van der Waals surface area contributed by atoms with Gasteiger partial charge in [0, 0.05) is 7.05 Å². The van der Waals surface area contributed by atoms with Gasteiger partial charge in [0.2, 0.25) is 0 Å². The number of rotatable bonds is 1. The number of aromatic nitrogens is 1. The van der Waals surface area contributed by atoms with E-state index in [9.17, 15) is 0 Å². The number of hydrogen-bond acceptors (Lipinski definition) is 4. The molecule has 1 aromatic heterocycles. The van der Waals surface area contributed by atoms with Crippen LogP contribution < -0.4 is 10.9 Å². The topological polar surface area (TPSA) is 55.3 Å². The van der Waals surface area contributed by atoms with Gasteiger partial charge in [0.25, 0.3) is 0 Å². The average Bonchev–Trinajstić information content (AvgIpc) is 2.14. The number of oxazole rings is 1. The lowest BCUT2D eigenvalue weighted by Gasteiger charge is -2.02. The predicted octanol–water partition coefficient (Wildman–Crippen LogP) is 0.293. The lowest BCUT2D eigenvalue weighted by Crippen LogP contribution is -2.25. The zero-order valence-electron chi connectivity index (χ0n) is 5.46. The van der Waals surface area contributed by atoms with Gasteiger partial charge in [0.1, 0.15) is 5.76 Å². The Morgan fingerprint density at radius 1 is 1.78 bits per heavy atom. The summed E-state index contributed by atoms with van der Waals surface area (Å²) in [6.07, 6.45) is 1.62. The van der Waals surface area contributed by atoms with E-state index in [2.05, 4.69) is 4.98 Å². The molecule has 1 rings (SSSR count). The van der Waals surface area contributed by atoms with Crippen molar-refractivity contribution in [2.24, 2.45) is 5.84 Å². The molecule has 1 aromatic rings. The number of hydrogen-bond donors (Lipinski definition) is 1. The number of nitrogens with zero attached hydrogens (tertiary/aromatic N) is 2. The highest BCUT2D eigenvalue weighted by molar-refractivity contribution is 5.20. The van der Waals surface area contributed by atoms with Gasteiger partial charge < -0.3 is 4.42 Å². The van der Waals surface area contributed by atoms with Crippen molar-refractivity contribution in [1.82, 2.24) is 4.98 Å². The Morgan fingerprint density at radius 3 is 2.67 bits per heavy atom. The second-order valence-electron chi connectivity index (χ2n) is 1.86. The SMILES string of the molecule is Cc1cnc(N(C)N)o1. The van der Waals surface area contributed by atoms with Gasteiger partial charge in [-0.05, 0) is 6.92 Å². The first-order chi connectivity index (χ1) is 4.20. The van der Waals surface area contributed by atoms with Crippen molar-refractivity contribution in [2.45, 2.75) is 6.92 Å². The maximum Gasteiger partial charge on any atom is 0.311 e. The van der Waals surface area contributed by atoms with Crippen molar-refractivity contribution in [3.8, 4) is 0 Å². The Morgan fingerprint density at radius 2 is 2.44 bits per heavy atom. The quantitative estimate of drug-likeness (QED) is 0.435. The number of anilines is 1. The van der Waals surface area contributed by atoms with Gasteiger partial charge >= 0.3 is 6.01 Å². The summed E-state index contributed by atoms with van der Waals surface area (Å²) >= 11 is 0. The highest BCUT2D eigenvalue weighted by Crippen LogP contribution is 2.07. The Labute approximate surface area is 53.2 Å². The first kappa shape index (κ1) is 6.10. The highest BCUT2D eigenvalue weighted by atomic mass is 16.4. The van der Waals surface area contributed by atoms with Crippen LogP contribution in [0.4, 0.5) is 6.01 Å². The molecule has 0 bridgehead atoms. The van der Waals surface area contributed by atoms with Crippen LogP contribution in [0.1, 0.15) is 5.76 Å². The molecule has 0 aliphatic carbocycles. The number of hydrazine groups is 1. The fraction of sp³-hybridized carbons (Fsp3) is 0.400. The molecule has 4 nitrogen and oxygen atoms in total. The van der Waals surface area contributed by atoms with Gasteiger partial charge in [-0.3, -0.25) is 5.01 Å². The zero-order chi connectivity index (χ0) is 6.85.